The van der Waals surface area contributed by atoms with E-state index in [0.717, 1.165) is 35.1 Å². The van der Waals surface area contributed by atoms with Crippen LogP contribution in [0.25, 0.3) is 0 Å². The lowest BCUT2D eigenvalue weighted by atomic mass is 9.93. The first-order valence-corrected chi connectivity index (χ1v) is 14.1. The number of benzene rings is 2. The Morgan fingerprint density at radius 3 is 2.28 bits per heavy atom. The summed E-state index contributed by atoms with van der Waals surface area (Å²) >= 11 is 6.46. The van der Waals surface area contributed by atoms with Crippen LogP contribution >= 0.6 is 11.6 Å². The van der Waals surface area contributed by atoms with E-state index in [2.05, 4.69) is 10.6 Å². The predicted octanol–water partition coefficient (Wildman–Crippen LogP) is 6.88. The molecule has 3 atom stereocenters. The smallest absolute Gasteiger partial charge is 0.408 e. The average Bonchev–Trinajstić information content (AvgIpc) is 3.67. The van der Waals surface area contributed by atoms with Crippen molar-refractivity contribution in [2.75, 3.05) is 5.32 Å². The van der Waals surface area contributed by atoms with Crippen LogP contribution in [-0.2, 0) is 14.3 Å². The fourth-order valence-corrected chi connectivity index (χ4v) is 4.95. The van der Waals surface area contributed by atoms with Crippen LogP contribution in [0.3, 0.4) is 0 Å². The Bertz CT molecular complexity index is 1200. The number of hydrogen-bond acceptors (Lipinski definition) is 4. The molecule has 2 aromatic rings. The molecule has 0 bridgehead atoms. The summed E-state index contributed by atoms with van der Waals surface area (Å²) in [6, 6.07) is 9.42. The number of carbonyl (C=O) groups is 3. The molecule has 2 aromatic carbocycles. The van der Waals surface area contributed by atoms with E-state index in [1.807, 2.05) is 65.0 Å². The van der Waals surface area contributed by atoms with E-state index in [1.165, 1.54) is 0 Å². The van der Waals surface area contributed by atoms with Crippen LogP contribution in [0.15, 0.2) is 36.4 Å². The third kappa shape index (κ3) is 7.75. The van der Waals surface area contributed by atoms with E-state index in [1.54, 1.807) is 31.7 Å². The maximum absolute atomic E-state index is 14.4. The number of anilines is 1. The fraction of sp³-hybridized carbons (Fsp3) is 0.516. The molecule has 0 aliphatic heterocycles. The molecule has 1 aliphatic carbocycles. The second kappa shape index (κ2) is 12.4. The Morgan fingerprint density at radius 2 is 1.74 bits per heavy atom. The zero-order chi connectivity index (χ0) is 29.1. The van der Waals surface area contributed by atoms with E-state index in [-0.39, 0.29) is 23.8 Å². The molecule has 39 heavy (non-hydrogen) atoms. The Morgan fingerprint density at radius 1 is 1.08 bits per heavy atom. The quantitative estimate of drug-likeness (QED) is 0.353. The number of ether oxygens (including phenoxy) is 1. The van der Waals surface area contributed by atoms with Crippen LogP contribution in [0.5, 0.6) is 0 Å². The van der Waals surface area contributed by atoms with Gasteiger partial charge in [0.05, 0.1) is 10.7 Å². The van der Waals surface area contributed by atoms with Crippen LogP contribution in [0.4, 0.5) is 10.5 Å². The van der Waals surface area contributed by atoms with Crippen molar-refractivity contribution in [2.45, 2.75) is 98.4 Å². The molecule has 3 rings (SSSR count). The van der Waals surface area contributed by atoms with Gasteiger partial charge < -0.3 is 20.3 Å². The van der Waals surface area contributed by atoms with Crippen molar-refractivity contribution in [3.8, 4) is 0 Å². The first-order valence-electron chi connectivity index (χ1n) is 13.7. The van der Waals surface area contributed by atoms with E-state index >= 15 is 0 Å². The summed E-state index contributed by atoms with van der Waals surface area (Å²) < 4.78 is 5.48. The summed E-state index contributed by atoms with van der Waals surface area (Å²) in [5.41, 5.74) is 3.34. The second-order valence-electron chi connectivity index (χ2n) is 11.7. The van der Waals surface area contributed by atoms with Crippen molar-refractivity contribution in [2.24, 2.45) is 5.92 Å². The highest BCUT2D eigenvalue weighted by Crippen LogP contribution is 2.38. The summed E-state index contributed by atoms with van der Waals surface area (Å²) in [5, 5.41) is 6.26. The third-order valence-electron chi connectivity index (χ3n) is 7.06. The van der Waals surface area contributed by atoms with Crippen LogP contribution in [0, 0.1) is 26.7 Å². The van der Waals surface area contributed by atoms with Gasteiger partial charge in [0.1, 0.15) is 17.7 Å². The number of halogens is 1. The third-order valence-corrected chi connectivity index (χ3v) is 7.38. The molecule has 0 heterocycles. The van der Waals surface area contributed by atoms with Crippen molar-refractivity contribution in [1.29, 1.82) is 0 Å². The van der Waals surface area contributed by atoms with Gasteiger partial charge in [-0.3, -0.25) is 9.59 Å². The van der Waals surface area contributed by atoms with Gasteiger partial charge in [-0.25, -0.2) is 4.79 Å². The number of hydrogen-bond donors (Lipinski definition) is 2. The number of alkyl carbamates (subject to hydrolysis) is 1. The zero-order valence-corrected chi connectivity index (χ0v) is 25.1. The molecule has 3 amide bonds. The summed E-state index contributed by atoms with van der Waals surface area (Å²) in [6.07, 6.45) is 1.57. The maximum Gasteiger partial charge on any atom is 0.408 e. The van der Waals surface area contributed by atoms with Gasteiger partial charge in [-0.2, -0.15) is 0 Å². The number of nitrogens with zero attached hydrogens (tertiary/aromatic N) is 1. The predicted molar refractivity (Wildman–Crippen MR) is 156 cm³/mol. The average molecular weight is 556 g/mol. The first-order chi connectivity index (χ1) is 18.2. The minimum Gasteiger partial charge on any atom is -0.444 e. The second-order valence-corrected chi connectivity index (χ2v) is 12.1. The summed E-state index contributed by atoms with van der Waals surface area (Å²) in [5.74, 6) is -0.827. The van der Waals surface area contributed by atoms with Crippen molar-refractivity contribution in [1.82, 2.24) is 10.2 Å². The van der Waals surface area contributed by atoms with Crippen LogP contribution in [0.2, 0.25) is 5.02 Å². The van der Waals surface area contributed by atoms with Gasteiger partial charge in [-0.05, 0) is 83.1 Å². The van der Waals surface area contributed by atoms with Crippen LogP contribution in [-0.4, -0.2) is 40.5 Å². The highest BCUT2D eigenvalue weighted by Gasteiger charge is 2.45. The normalized spacial score (nSPS) is 15.6. The fourth-order valence-electron chi connectivity index (χ4n) is 4.68. The van der Waals surface area contributed by atoms with Gasteiger partial charge in [0.25, 0.3) is 5.91 Å². The number of para-hydroxylation sites is 1. The molecular formula is C31H42ClN3O4. The molecule has 0 spiro atoms. The number of carbonyl (C=O) groups excluding carboxylic acids is 3. The molecule has 3 unspecified atom stereocenters. The number of nitrogens with one attached hydrogen (secondary N) is 2. The van der Waals surface area contributed by atoms with Gasteiger partial charge in [0.15, 0.2) is 0 Å². The summed E-state index contributed by atoms with van der Waals surface area (Å²) in [7, 11) is 0. The largest absolute Gasteiger partial charge is 0.444 e. The molecule has 8 heteroatoms. The molecule has 0 aromatic heterocycles. The maximum atomic E-state index is 14.4. The molecule has 2 N–H and O–H groups in total. The molecular weight excluding hydrogens is 514 g/mol. The van der Waals surface area contributed by atoms with E-state index in [9.17, 15) is 14.4 Å². The van der Waals surface area contributed by atoms with E-state index in [4.69, 9.17) is 16.3 Å². The first kappa shape index (κ1) is 30.5. The topological polar surface area (TPSA) is 87.7 Å². The van der Waals surface area contributed by atoms with Gasteiger partial charge in [-0.15, -0.1) is 0 Å². The van der Waals surface area contributed by atoms with Gasteiger partial charge in [-0.1, -0.05) is 67.8 Å². The van der Waals surface area contributed by atoms with Crippen LogP contribution in [0.1, 0.15) is 82.2 Å². The summed E-state index contributed by atoms with van der Waals surface area (Å²) in [6.45, 7) is 15.0. The van der Waals surface area contributed by atoms with Crippen molar-refractivity contribution >= 4 is 35.2 Å². The zero-order valence-electron chi connectivity index (χ0n) is 24.4. The summed E-state index contributed by atoms with van der Waals surface area (Å²) in [4.78, 5) is 42.9. The van der Waals surface area contributed by atoms with Gasteiger partial charge in [0, 0.05) is 6.04 Å². The monoisotopic (exact) mass is 555 g/mol. The Labute approximate surface area is 237 Å². The number of rotatable bonds is 9. The van der Waals surface area contributed by atoms with Gasteiger partial charge >= 0.3 is 6.09 Å². The lowest BCUT2D eigenvalue weighted by molar-refractivity contribution is -0.142. The van der Waals surface area contributed by atoms with Crippen LogP contribution < -0.4 is 10.6 Å². The molecule has 0 saturated heterocycles. The molecule has 1 aliphatic rings. The minimum absolute atomic E-state index is 0.117. The Balaban J connectivity index is 2.07. The van der Waals surface area contributed by atoms with E-state index in [0.29, 0.717) is 17.1 Å². The highest BCUT2D eigenvalue weighted by molar-refractivity contribution is 6.34. The number of amides is 3. The van der Waals surface area contributed by atoms with E-state index < -0.39 is 23.8 Å². The Hall–Kier alpha value is -3.06. The minimum atomic E-state index is -0.909. The lowest BCUT2D eigenvalue weighted by Crippen LogP contribution is -2.55. The SMILES string of the molecule is CCC(C)C(NC(=O)OC(C)(C)C)C(=O)N(C1CC1)C(C(=O)Nc1c(C)cccc1Cl)c1ccc(C)cc1C. The van der Waals surface area contributed by atoms with Gasteiger partial charge in [0.2, 0.25) is 5.91 Å². The molecule has 7 nitrogen and oxygen atoms in total. The lowest BCUT2D eigenvalue weighted by Gasteiger charge is -2.37. The van der Waals surface area contributed by atoms with Crippen molar-refractivity contribution in [3.63, 3.8) is 0 Å². The molecule has 0 radical (unpaired) electrons. The molecule has 212 valence electrons. The molecule has 1 saturated carbocycles. The number of aryl methyl sites for hydroxylation is 3. The van der Waals surface area contributed by atoms with Crippen molar-refractivity contribution < 1.29 is 19.1 Å². The standard InChI is InChI=1S/C31H42ClN3O4/c1-9-19(3)26(34-30(38)39-31(6,7)8)29(37)35(22-14-15-22)27(23-16-13-18(2)17-21(23)5)28(36)33-25-20(4)11-10-12-24(25)32/h10-13,16-17,19,22,26-27H,9,14-15H2,1-8H3,(H,33,36)(H,34,38). The highest BCUT2D eigenvalue weighted by atomic mass is 35.5. The van der Waals surface area contributed by atoms with Crippen molar-refractivity contribution in [3.05, 3.63) is 63.7 Å². The molecule has 1 fully saturated rings. The Kier molecular flexibility index (Phi) is 9.70.